The summed E-state index contributed by atoms with van der Waals surface area (Å²) in [6, 6.07) is 12.6. The molecule has 2 aromatic carbocycles. The molecule has 2 N–H and O–H groups in total. The topological polar surface area (TPSA) is 96.1 Å². The molecule has 0 saturated heterocycles. The smallest absolute Gasteiger partial charge is 0.277 e. The Balaban J connectivity index is 2.01. The van der Waals surface area contributed by atoms with E-state index in [0.29, 0.717) is 11.3 Å². The number of rotatable bonds is 3. The molecule has 3 rings (SSSR count). The first-order chi connectivity index (χ1) is 10.1. The Morgan fingerprint density at radius 1 is 1.19 bits per heavy atom. The molecule has 2 atom stereocenters. The maximum atomic E-state index is 11.0. The van der Waals surface area contributed by atoms with Gasteiger partial charge in [-0.3, -0.25) is 10.1 Å². The number of nitro groups is 1. The second-order valence-electron chi connectivity index (χ2n) is 4.53. The van der Waals surface area contributed by atoms with Gasteiger partial charge >= 0.3 is 0 Å². The van der Waals surface area contributed by atoms with Gasteiger partial charge in [-0.1, -0.05) is 30.3 Å². The minimum Gasteiger partial charge on any atom is -0.367 e. The molecule has 2 aromatic rings. The lowest BCUT2D eigenvalue weighted by Crippen LogP contribution is -2.26. The Hall–Kier alpha value is -2.48. The Labute approximate surface area is 119 Å². The fraction of sp³-hybridized carbons (Fsp3) is 0.143. The molecule has 7 nitrogen and oxygen atoms in total. The first-order valence-corrected chi connectivity index (χ1v) is 6.24. The second kappa shape index (κ2) is 5.13. The monoisotopic (exact) mass is 288 g/mol. The average Bonchev–Trinajstić information content (AvgIpc) is 2.84. The van der Waals surface area contributed by atoms with Crippen molar-refractivity contribution in [2.24, 2.45) is 0 Å². The lowest BCUT2D eigenvalue weighted by Gasteiger charge is -2.24. The van der Waals surface area contributed by atoms with Crippen molar-refractivity contribution in [3.05, 3.63) is 69.8 Å². The third kappa shape index (κ3) is 2.23. The summed E-state index contributed by atoms with van der Waals surface area (Å²) < 4.78 is 0. The number of para-hydroxylation sites is 2. The normalized spacial score (nSPS) is 18.4. The number of aliphatic hydroxyl groups excluding tert-OH is 2. The molecule has 0 amide bonds. The number of hydroxylamine groups is 1. The Bertz CT molecular complexity index is 691. The molecular weight excluding hydrogens is 276 g/mol. The summed E-state index contributed by atoms with van der Waals surface area (Å²) in [6.07, 6.45) is -2.61. The zero-order valence-corrected chi connectivity index (χ0v) is 10.8. The first-order valence-electron chi connectivity index (χ1n) is 6.24. The molecule has 1 aliphatic rings. The summed E-state index contributed by atoms with van der Waals surface area (Å²) in [6.45, 7) is 0. The number of hydrogen-bond acceptors (Lipinski definition) is 6. The van der Waals surface area contributed by atoms with Gasteiger partial charge in [-0.25, -0.2) is 9.90 Å². The molecule has 0 aromatic heterocycles. The lowest BCUT2D eigenvalue weighted by molar-refractivity contribution is -0.386. The van der Waals surface area contributed by atoms with Crippen LogP contribution in [0.15, 0.2) is 48.5 Å². The van der Waals surface area contributed by atoms with Gasteiger partial charge in [0.25, 0.3) is 5.69 Å². The zero-order valence-electron chi connectivity index (χ0n) is 10.8. The molecule has 0 fully saturated rings. The van der Waals surface area contributed by atoms with Crippen LogP contribution in [0, 0.1) is 10.1 Å². The molecule has 1 aliphatic heterocycles. The molecule has 0 bridgehead atoms. The molecule has 0 spiro atoms. The van der Waals surface area contributed by atoms with Crippen molar-refractivity contribution in [3.63, 3.8) is 0 Å². The second-order valence-corrected chi connectivity index (χ2v) is 4.53. The van der Waals surface area contributed by atoms with Gasteiger partial charge < -0.3 is 10.2 Å². The van der Waals surface area contributed by atoms with Gasteiger partial charge in [-0.2, -0.15) is 0 Å². The van der Waals surface area contributed by atoms with E-state index < -0.39 is 17.4 Å². The first kappa shape index (κ1) is 13.5. The molecule has 21 heavy (non-hydrogen) atoms. The minimum atomic E-state index is -1.40. The molecule has 1 heterocycles. The molecule has 7 heteroatoms. The van der Waals surface area contributed by atoms with Crippen molar-refractivity contribution in [3.8, 4) is 0 Å². The van der Waals surface area contributed by atoms with Gasteiger partial charge in [0.05, 0.1) is 16.2 Å². The Morgan fingerprint density at radius 2 is 1.86 bits per heavy atom. The van der Waals surface area contributed by atoms with Crippen LogP contribution in [0.25, 0.3) is 0 Å². The number of hydrogen-bond donors (Lipinski definition) is 2. The number of nitro benzene ring substituents is 1. The summed E-state index contributed by atoms with van der Waals surface area (Å²) in [5.41, 5.74) is 0.838. The molecule has 0 unspecified atom stereocenters. The highest BCUT2D eigenvalue weighted by molar-refractivity contribution is 5.57. The number of benzene rings is 2. The van der Waals surface area contributed by atoms with Gasteiger partial charge in [-0.05, 0) is 12.1 Å². The van der Waals surface area contributed by atoms with Crippen LogP contribution in [0.4, 0.5) is 11.4 Å². The molecule has 108 valence electrons. The fourth-order valence-electron chi connectivity index (χ4n) is 2.31. The average molecular weight is 288 g/mol. The number of fused-ring (bicyclic) bond motifs is 1. The van der Waals surface area contributed by atoms with Gasteiger partial charge in [0.2, 0.25) is 6.29 Å². The van der Waals surface area contributed by atoms with E-state index in [-0.39, 0.29) is 11.3 Å². The van der Waals surface area contributed by atoms with E-state index in [4.69, 9.17) is 4.84 Å². The van der Waals surface area contributed by atoms with Crippen LogP contribution in [-0.2, 0) is 4.84 Å². The predicted molar refractivity (Wildman–Crippen MR) is 73.0 cm³/mol. The van der Waals surface area contributed by atoms with E-state index in [2.05, 4.69) is 0 Å². The van der Waals surface area contributed by atoms with Crippen LogP contribution in [0.5, 0.6) is 0 Å². The van der Waals surface area contributed by atoms with Gasteiger partial charge in [0, 0.05) is 11.6 Å². The Kier molecular flexibility index (Phi) is 3.30. The van der Waals surface area contributed by atoms with Gasteiger partial charge in [0.1, 0.15) is 0 Å². The van der Waals surface area contributed by atoms with Crippen LogP contribution >= 0.6 is 0 Å². The lowest BCUT2D eigenvalue weighted by atomic mass is 10.1. The van der Waals surface area contributed by atoms with E-state index in [0.717, 1.165) is 5.06 Å². The zero-order chi connectivity index (χ0) is 15.0. The van der Waals surface area contributed by atoms with Crippen molar-refractivity contribution in [1.29, 1.82) is 0 Å². The predicted octanol–water partition coefficient (Wildman–Crippen LogP) is 2.03. The summed E-state index contributed by atoms with van der Waals surface area (Å²) >= 11 is 0. The summed E-state index contributed by atoms with van der Waals surface area (Å²) in [4.78, 5) is 15.7. The SMILES string of the molecule is O=[N+]([O-])c1ccccc1[C@H](O)N1O[C@@H](O)c2ccccc21. The third-order valence-corrected chi connectivity index (χ3v) is 3.29. The largest absolute Gasteiger partial charge is 0.367 e. The molecule has 0 radical (unpaired) electrons. The van der Waals surface area contributed by atoms with Crippen molar-refractivity contribution in [2.45, 2.75) is 12.5 Å². The molecular formula is C14H12N2O5. The van der Waals surface area contributed by atoms with E-state index in [1.165, 1.54) is 18.2 Å². The van der Waals surface area contributed by atoms with E-state index in [1.807, 2.05) is 0 Å². The van der Waals surface area contributed by atoms with Crippen molar-refractivity contribution < 1.29 is 20.0 Å². The van der Waals surface area contributed by atoms with Crippen LogP contribution < -0.4 is 5.06 Å². The maximum Gasteiger partial charge on any atom is 0.277 e. The summed E-state index contributed by atoms with van der Waals surface area (Å²) in [5, 5.41) is 32.3. The van der Waals surface area contributed by atoms with Gasteiger partial charge in [-0.15, -0.1) is 0 Å². The number of aliphatic hydroxyl groups is 2. The standard InChI is InChI=1S/C14H12N2O5/c17-13(9-5-1-4-8-12(9)16(19)20)15-11-7-3-2-6-10(11)14(18)21-15/h1-8,13-14,17-18H/t13-,14+/m0/s1. The Morgan fingerprint density at radius 3 is 2.62 bits per heavy atom. The third-order valence-electron chi connectivity index (χ3n) is 3.29. The number of anilines is 1. The highest BCUT2D eigenvalue weighted by Crippen LogP contribution is 2.41. The fourth-order valence-corrected chi connectivity index (χ4v) is 2.31. The quantitative estimate of drug-likeness (QED) is 0.662. The van der Waals surface area contributed by atoms with Crippen molar-refractivity contribution in [1.82, 2.24) is 0 Å². The number of nitrogens with zero attached hydrogens (tertiary/aromatic N) is 2. The molecule has 0 aliphatic carbocycles. The van der Waals surface area contributed by atoms with Gasteiger partial charge in [0.15, 0.2) is 6.23 Å². The van der Waals surface area contributed by atoms with E-state index in [1.54, 1.807) is 30.3 Å². The van der Waals surface area contributed by atoms with E-state index in [9.17, 15) is 20.3 Å². The highest BCUT2D eigenvalue weighted by Gasteiger charge is 2.35. The van der Waals surface area contributed by atoms with E-state index >= 15 is 0 Å². The van der Waals surface area contributed by atoms with Crippen LogP contribution in [0.2, 0.25) is 0 Å². The summed E-state index contributed by atoms with van der Waals surface area (Å²) in [7, 11) is 0. The minimum absolute atomic E-state index is 0.0893. The van der Waals surface area contributed by atoms with Crippen molar-refractivity contribution >= 4 is 11.4 Å². The molecule has 0 saturated carbocycles. The van der Waals surface area contributed by atoms with Crippen LogP contribution in [0.1, 0.15) is 23.6 Å². The van der Waals surface area contributed by atoms with Crippen LogP contribution in [0.3, 0.4) is 0 Å². The summed E-state index contributed by atoms with van der Waals surface area (Å²) in [5.74, 6) is 0. The highest BCUT2D eigenvalue weighted by atomic mass is 16.8. The van der Waals surface area contributed by atoms with Crippen molar-refractivity contribution in [2.75, 3.05) is 5.06 Å². The van der Waals surface area contributed by atoms with Crippen LogP contribution in [-0.4, -0.2) is 15.1 Å². The maximum absolute atomic E-state index is 11.0.